The highest BCUT2D eigenvalue weighted by Crippen LogP contribution is 2.33. The molecule has 4 heteroatoms. The maximum absolute atomic E-state index is 12.8. The number of hydrogen-bond donors (Lipinski definition) is 1. The Bertz CT molecular complexity index is 279. The summed E-state index contributed by atoms with van der Waals surface area (Å²) in [5.74, 6) is 0.408. The van der Waals surface area contributed by atoms with E-state index in [4.69, 9.17) is 0 Å². The summed E-state index contributed by atoms with van der Waals surface area (Å²) in [4.78, 5) is 17.3. The van der Waals surface area contributed by atoms with Crippen LogP contribution in [0.3, 0.4) is 0 Å². The zero-order valence-electron chi connectivity index (χ0n) is 11.9. The van der Waals surface area contributed by atoms with Gasteiger partial charge in [-0.2, -0.15) is 0 Å². The molecule has 2 fully saturated rings. The van der Waals surface area contributed by atoms with Crippen molar-refractivity contribution in [1.82, 2.24) is 15.1 Å². The van der Waals surface area contributed by atoms with Gasteiger partial charge in [0.1, 0.15) is 0 Å². The molecule has 0 spiro atoms. The lowest BCUT2D eigenvalue weighted by Gasteiger charge is -2.39. The second kappa shape index (κ2) is 6.02. The lowest BCUT2D eigenvalue weighted by Crippen LogP contribution is -2.53. The Morgan fingerprint density at radius 1 is 1.22 bits per heavy atom. The van der Waals surface area contributed by atoms with Crippen molar-refractivity contribution in [2.24, 2.45) is 5.41 Å². The number of rotatable bonds is 4. The van der Waals surface area contributed by atoms with E-state index in [2.05, 4.69) is 29.0 Å². The van der Waals surface area contributed by atoms with Crippen LogP contribution in [0, 0.1) is 5.41 Å². The van der Waals surface area contributed by atoms with E-state index in [0.29, 0.717) is 5.91 Å². The summed E-state index contributed by atoms with van der Waals surface area (Å²) in [6.07, 6.45) is 3.16. The smallest absolute Gasteiger partial charge is 0.230 e. The van der Waals surface area contributed by atoms with Crippen molar-refractivity contribution in [3.8, 4) is 0 Å². The lowest BCUT2D eigenvalue weighted by molar-refractivity contribution is -0.143. The number of nitrogens with one attached hydrogen (secondary N) is 1. The molecule has 0 radical (unpaired) electrons. The van der Waals surface area contributed by atoms with Gasteiger partial charge in [-0.1, -0.05) is 20.3 Å². The highest BCUT2D eigenvalue weighted by molar-refractivity contribution is 5.83. The van der Waals surface area contributed by atoms with Crippen LogP contribution < -0.4 is 5.32 Å². The Labute approximate surface area is 111 Å². The fourth-order valence-corrected chi connectivity index (χ4v) is 3.33. The zero-order valence-corrected chi connectivity index (χ0v) is 11.9. The number of likely N-dealkylation sites (N-methyl/N-ethyl adjacent to an activating group) is 1. The van der Waals surface area contributed by atoms with Crippen molar-refractivity contribution >= 4 is 5.91 Å². The van der Waals surface area contributed by atoms with Gasteiger partial charge >= 0.3 is 0 Å². The van der Waals surface area contributed by atoms with E-state index in [1.807, 2.05) is 0 Å². The molecule has 2 rings (SSSR count). The molecule has 2 aliphatic rings. The Hall–Kier alpha value is -0.610. The van der Waals surface area contributed by atoms with Crippen molar-refractivity contribution < 1.29 is 4.79 Å². The molecule has 0 aromatic heterocycles. The summed E-state index contributed by atoms with van der Waals surface area (Å²) in [5, 5.41) is 3.38. The molecule has 1 N–H and O–H groups in total. The number of hydrogen-bond acceptors (Lipinski definition) is 3. The number of nitrogens with zero attached hydrogens (tertiary/aromatic N) is 2. The standard InChI is InChI=1S/C14H27N3O/c1-3-5-14(6-7-15-12-14)13(18)17-10-8-16(4-2)9-11-17/h15H,3-12H2,1-2H3. The van der Waals surface area contributed by atoms with E-state index in [-0.39, 0.29) is 5.41 Å². The molecule has 0 aliphatic carbocycles. The van der Waals surface area contributed by atoms with Crippen molar-refractivity contribution in [2.75, 3.05) is 45.8 Å². The van der Waals surface area contributed by atoms with Crippen molar-refractivity contribution in [2.45, 2.75) is 33.1 Å². The summed E-state index contributed by atoms with van der Waals surface area (Å²) >= 11 is 0. The summed E-state index contributed by atoms with van der Waals surface area (Å²) in [5.41, 5.74) is -0.0941. The van der Waals surface area contributed by atoms with Crippen LogP contribution in [-0.4, -0.2) is 61.5 Å². The molecule has 0 aromatic carbocycles. The van der Waals surface area contributed by atoms with E-state index in [0.717, 1.165) is 65.1 Å². The Kier molecular flexibility index (Phi) is 4.62. The van der Waals surface area contributed by atoms with E-state index in [9.17, 15) is 4.79 Å². The minimum atomic E-state index is -0.0941. The molecule has 1 amide bonds. The molecule has 0 bridgehead atoms. The van der Waals surface area contributed by atoms with Crippen molar-refractivity contribution in [1.29, 1.82) is 0 Å². The molecular formula is C14H27N3O. The number of amides is 1. The van der Waals surface area contributed by atoms with Gasteiger partial charge in [-0.3, -0.25) is 4.79 Å². The topological polar surface area (TPSA) is 35.6 Å². The summed E-state index contributed by atoms with van der Waals surface area (Å²) in [7, 11) is 0. The monoisotopic (exact) mass is 253 g/mol. The van der Waals surface area contributed by atoms with Crippen LogP contribution in [0.1, 0.15) is 33.1 Å². The van der Waals surface area contributed by atoms with Gasteiger partial charge in [0.2, 0.25) is 5.91 Å². The third-order valence-electron chi connectivity index (χ3n) is 4.53. The SMILES string of the molecule is CCCC1(C(=O)N2CCN(CC)CC2)CCNC1. The molecule has 2 heterocycles. The van der Waals surface area contributed by atoms with Crippen molar-refractivity contribution in [3.63, 3.8) is 0 Å². The van der Waals surface area contributed by atoms with Gasteiger partial charge in [-0.15, -0.1) is 0 Å². The fraction of sp³-hybridized carbons (Fsp3) is 0.929. The Balaban J connectivity index is 1.97. The molecule has 18 heavy (non-hydrogen) atoms. The van der Waals surface area contributed by atoms with Crippen LogP contribution in [0.15, 0.2) is 0 Å². The Morgan fingerprint density at radius 2 is 1.94 bits per heavy atom. The second-order valence-electron chi connectivity index (χ2n) is 5.68. The predicted molar refractivity (Wildman–Crippen MR) is 73.5 cm³/mol. The predicted octanol–water partition coefficient (Wildman–Crippen LogP) is 0.930. The average Bonchev–Trinajstić information content (AvgIpc) is 2.88. The maximum atomic E-state index is 12.8. The molecule has 1 unspecified atom stereocenters. The van der Waals surface area contributed by atoms with Crippen LogP contribution in [0.2, 0.25) is 0 Å². The summed E-state index contributed by atoms with van der Waals surface area (Å²) < 4.78 is 0. The van der Waals surface area contributed by atoms with Crippen molar-refractivity contribution in [3.05, 3.63) is 0 Å². The Morgan fingerprint density at radius 3 is 2.44 bits per heavy atom. The first-order chi connectivity index (χ1) is 8.72. The minimum absolute atomic E-state index is 0.0941. The van der Waals surface area contributed by atoms with Crippen LogP contribution in [0.5, 0.6) is 0 Å². The van der Waals surface area contributed by atoms with Gasteiger partial charge in [-0.25, -0.2) is 0 Å². The fourth-order valence-electron chi connectivity index (χ4n) is 3.33. The third-order valence-corrected chi connectivity index (χ3v) is 4.53. The largest absolute Gasteiger partial charge is 0.340 e. The highest BCUT2D eigenvalue weighted by Gasteiger charge is 2.43. The zero-order chi connectivity index (χ0) is 13.0. The number of carbonyl (C=O) groups excluding carboxylic acids is 1. The van der Waals surface area contributed by atoms with Crippen LogP contribution in [0.4, 0.5) is 0 Å². The van der Waals surface area contributed by atoms with Gasteiger partial charge in [-0.05, 0) is 25.9 Å². The molecule has 4 nitrogen and oxygen atoms in total. The van der Waals surface area contributed by atoms with Crippen LogP contribution in [0.25, 0.3) is 0 Å². The minimum Gasteiger partial charge on any atom is -0.340 e. The first kappa shape index (κ1) is 13.8. The summed E-state index contributed by atoms with van der Waals surface area (Å²) in [6.45, 7) is 11.3. The molecular weight excluding hydrogens is 226 g/mol. The van der Waals surface area contributed by atoms with E-state index in [1.165, 1.54) is 0 Å². The van der Waals surface area contributed by atoms with E-state index in [1.54, 1.807) is 0 Å². The maximum Gasteiger partial charge on any atom is 0.230 e. The van der Waals surface area contributed by atoms with Gasteiger partial charge in [0.15, 0.2) is 0 Å². The first-order valence-corrected chi connectivity index (χ1v) is 7.44. The molecule has 0 saturated carbocycles. The average molecular weight is 253 g/mol. The molecule has 2 saturated heterocycles. The van der Waals surface area contributed by atoms with Crippen LogP contribution in [-0.2, 0) is 4.79 Å². The van der Waals surface area contributed by atoms with E-state index >= 15 is 0 Å². The first-order valence-electron chi connectivity index (χ1n) is 7.44. The quantitative estimate of drug-likeness (QED) is 0.809. The normalized spacial score (nSPS) is 29.8. The highest BCUT2D eigenvalue weighted by atomic mass is 16.2. The van der Waals surface area contributed by atoms with Gasteiger partial charge in [0, 0.05) is 32.7 Å². The van der Waals surface area contributed by atoms with Gasteiger partial charge in [0.25, 0.3) is 0 Å². The summed E-state index contributed by atoms with van der Waals surface area (Å²) in [6, 6.07) is 0. The lowest BCUT2D eigenvalue weighted by atomic mass is 9.81. The van der Waals surface area contributed by atoms with Gasteiger partial charge < -0.3 is 15.1 Å². The molecule has 1 atom stereocenters. The molecule has 104 valence electrons. The molecule has 2 aliphatic heterocycles. The molecule has 0 aromatic rings. The number of piperazine rings is 1. The number of carbonyl (C=O) groups is 1. The van der Waals surface area contributed by atoms with E-state index < -0.39 is 0 Å². The second-order valence-corrected chi connectivity index (χ2v) is 5.68. The third kappa shape index (κ3) is 2.69. The van der Waals surface area contributed by atoms with Crippen LogP contribution >= 0.6 is 0 Å². The van der Waals surface area contributed by atoms with Gasteiger partial charge in [0.05, 0.1) is 5.41 Å².